The molecule has 0 spiro atoms. The van der Waals surface area contributed by atoms with Gasteiger partial charge in [-0.3, -0.25) is 14.5 Å². The first-order chi connectivity index (χ1) is 17.3. The maximum absolute atomic E-state index is 13.5. The van der Waals surface area contributed by atoms with E-state index in [1.165, 1.54) is 61.0 Å². The highest BCUT2D eigenvalue weighted by atomic mass is 19.4. The summed E-state index contributed by atoms with van der Waals surface area (Å²) in [6.07, 6.45) is -5.30. The van der Waals surface area contributed by atoms with Gasteiger partial charge in [0, 0.05) is 37.0 Å². The molecular formula is C26H23F3N4O4. The van der Waals surface area contributed by atoms with Gasteiger partial charge in [-0.1, -0.05) is 12.1 Å². The molecule has 0 aromatic heterocycles. The fourth-order valence-electron chi connectivity index (χ4n) is 4.70. The minimum absolute atomic E-state index is 0.0629. The van der Waals surface area contributed by atoms with Crippen LogP contribution in [0.3, 0.4) is 0 Å². The van der Waals surface area contributed by atoms with Gasteiger partial charge >= 0.3 is 12.2 Å². The number of aliphatic hydroxyl groups excluding tert-OH is 1. The Hall–Kier alpha value is -4.17. The van der Waals surface area contributed by atoms with E-state index in [9.17, 15) is 37.9 Å². The number of halogens is 3. The number of nitrogens with zero attached hydrogens (tertiary/aromatic N) is 4. The maximum atomic E-state index is 13.5. The summed E-state index contributed by atoms with van der Waals surface area (Å²) in [6.45, 7) is 2.95. The Kier molecular flexibility index (Phi) is 6.56. The highest BCUT2D eigenvalue weighted by molar-refractivity contribution is 6.06. The Balaban J connectivity index is 1.88. The topological polar surface area (TPSA) is 105 Å². The number of hydrogen-bond acceptors (Lipinski definition) is 5. The first-order valence-electron chi connectivity index (χ1n) is 11.3. The van der Waals surface area contributed by atoms with Crippen molar-refractivity contribution in [3.8, 4) is 6.07 Å². The smallest absolute Gasteiger partial charge is 0.389 e. The zero-order valence-corrected chi connectivity index (χ0v) is 20.2. The molecule has 0 radical (unpaired) electrons. The van der Waals surface area contributed by atoms with Crippen LogP contribution < -0.4 is 4.90 Å². The molecule has 2 aromatic rings. The van der Waals surface area contributed by atoms with Crippen LogP contribution in [-0.4, -0.2) is 58.9 Å². The number of likely N-dealkylation sites (N-methyl/N-ethyl adjacent to an activating group) is 1. The van der Waals surface area contributed by atoms with Gasteiger partial charge in [0.2, 0.25) is 0 Å². The van der Waals surface area contributed by atoms with Crippen LogP contribution in [0.5, 0.6) is 0 Å². The third-order valence-electron chi connectivity index (χ3n) is 6.55. The number of urea groups is 1. The summed E-state index contributed by atoms with van der Waals surface area (Å²) in [7, 11) is 1.39. The van der Waals surface area contributed by atoms with E-state index in [-0.39, 0.29) is 46.7 Å². The number of hydrogen-bond donors (Lipinski definition) is 1. The summed E-state index contributed by atoms with van der Waals surface area (Å²) in [5.74, 6) is -0.917. The molecule has 2 heterocycles. The number of anilines is 1. The monoisotopic (exact) mass is 512 g/mol. The molecule has 3 amide bonds. The van der Waals surface area contributed by atoms with Crippen LogP contribution in [0.2, 0.25) is 0 Å². The highest BCUT2D eigenvalue weighted by Crippen LogP contribution is 2.41. The van der Waals surface area contributed by atoms with Gasteiger partial charge in [-0.15, -0.1) is 0 Å². The summed E-state index contributed by atoms with van der Waals surface area (Å²) in [6, 6.07) is 8.79. The lowest BCUT2D eigenvalue weighted by Gasteiger charge is -2.42. The summed E-state index contributed by atoms with van der Waals surface area (Å²) in [5, 5.41) is 19.0. The van der Waals surface area contributed by atoms with Crippen LogP contribution in [0.25, 0.3) is 0 Å². The number of carbonyl (C=O) groups is 3. The molecule has 11 heteroatoms. The van der Waals surface area contributed by atoms with E-state index in [4.69, 9.17) is 0 Å². The van der Waals surface area contributed by atoms with Crippen LogP contribution in [-0.2, 0) is 11.0 Å². The van der Waals surface area contributed by atoms with E-state index in [0.29, 0.717) is 0 Å². The van der Waals surface area contributed by atoms with E-state index in [0.717, 1.165) is 17.0 Å². The maximum Gasteiger partial charge on any atom is 0.416 e. The van der Waals surface area contributed by atoms with Crippen molar-refractivity contribution in [2.45, 2.75) is 32.2 Å². The van der Waals surface area contributed by atoms with Crippen molar-refractivity contribution in [1.29, 1.82) is 5.26 Å². The number of nitriles is 1. The summed E-state index contributed by atoms with van der Waals surface area (Å²) < 4.78 is 40.0. The van der Waals surface area contributed by atoms with Crippen LogP contribution in [0.15, 0.2) is 53.7 Å². The van der Waals surface area contributed by atoms with Gasteiger partial charge in [0.25, 0.3) is 5.91 Å². The molecule has 37 heavy (non-hydrogen) atoms. The summed E-state index contributed by atoms with van der Waals surface area (Å²) in [5.41, 5.74) is -0.203. The molecule has 1 saturated heterocycles. The summed E-state index contributed by atoms with van der Waals surface area (Å²) in [4.78, 5) is 43.3. The number of aliphatic hydroxyl groups is 1. The Bertz CT molecular complexity index is 1370. The minimum Gasteiger partial charge on any atom is -0.389 e. The van der Waals surface area contributed by atoms with Gasteiger partial charge in [-0.2, -0.15) is 18.4 Å². The fraction of sp³-hybridized carbons (Fsp3) is 0.308. The second-order valence-electron chi connectivity index (χ2n) is 9.01. The zero-order valence-electron chi connectivity index (χ0n) is 20.2. The lowest BCUT2D eigenvalue weighted by Crippen LogP contribution is -2.54. The van der Waals surface area contributed by atoms with Gasteiger partial charge in [-0.05, 0) is 49.7 Å². The molecule has 1 atom stereocenters. The molecule has 192 valence electrons. The number of alkyl halides is 3. The first-order valence-corrected chi connectivity index (χ1v) is 11.3. The molecule has 4 rings (SSSR count). The fourth-order valence-corrected chi connectivity index (χ4v) is 4.70. The zero-order chi connectivity index (χ0) is 27.2. The van der Waals surface area contributed by atoms with E-state index >= 15 is 0 Å². The quantitative estimate of drug-likeness (QED) is 0.670. The van der Waals surface area contributed by atoms with Crippen LogP contribution in [0, 0.1) is 11.3 Å². The highest BCUT2D eigenvalue weighted by Gasteiger charge is 2.42. The van der Waals surface area contributed by atoms with Gasteiger partial charge in [0.05, 0.1) is 35.0 Å². The van der Waals surface area contributed by atoms with E-state index in [1.807, 2.05) is 6.07 Å². The van der Waals surface area contributed by atoms with Gasteiger partial charge in [0.1, 0.15) is 0 Å². The van der Waals surface area contributed by atoms with Gasteiger partial charge in [0.15, 0.2) is 5.78 Å². The van der Waals surface area contributed by atoms with E-state index in [2.05, 4.69) is 0 Å². The van der Waals surface area contributed by atoms with Crippen molar-refractivity contribution in [3.05, 3.63) is 76.0 Å². The number of likely N-dealkylation sites (tertiary alicyclic amines) is 1. The lowest BCUT2D eigenvalue weighted by atomic mass is 9.87. The largest absolute Gasteiger partial charge is 0.416 e. The number of ketones is 1. The molecule has 0 bridgehead atoms. The number of Topliss-reactive ketones (excluding diaryl/α,β-unsaturated/α-hetero) is 1. The molecule has 0 aliphatic carbocycles. The van der Waals surface area contributed by atoms with Crippen molar-refractivity contribution in [2.75, 3.05) is 25.0 Å². The Morgan fingerprint density at radius 2 is 1.81 bits per heavy atom. The SMILES string of the molecule is CC(=O)C1=C(C)N(c2cccc(C(F)(F)F)c2)C(=O)N(C)C1c1ccc(C#N)cc1C(=O)N1CC(O)C1. The molecule has 2 aliphatic heterocycles. The number of allylic oxidation sites excluding steroid dienone is 1. The number of amides is 3. The number of rotatable bonds is 4. The van der Waals surface area contributed by atoms with E-state index in [1.54, 1.807) is 0 Å². The average Bonchev–Trinajstić information content (AvgIpc) is 2.83. The Morgan fingerprint density at radius 1 is 1.14 bits per heavy atom. The van der Waals surface area contributed by atoms with Crippen molar-refractivity contribution in [1.82, 2.24) is 9.80 Å². The summed E-state index contributed by atoms with van der Waals surface area (Å²) >= 11 is 0. The Labute approximate surface area is 210 Å². The molecule has 2 aliphatic rings. The van der Waals surface area contributed by atoms with Crippen LogP contribution in [0.1, 0.15) is 46.9 Å². The second kappa shape index (κ2) is 9.37. The molecule has 1 unspecified atom stereocenters. The second-order valence-corrected chi connectivity index (χ2v) is 9.01. The predicted octanol–water partition coefficient (Wildman–Crippen LogP) is 3.87. The molecule has 8 nitrogen and oxygen atoms in total. The van der Waals surface area contributed by atoms with Gasteiger partial charge < -0.3 is 14.9 Å². The average molecular weight is 512 g/mol. The molecular weight excluding hydrogens is 489 g/mol. The van der Waals surface area contributed by atoms with E-state index < -0.39 is 41.6 Å². The van der Waals surface area contributed by atoms with Crippen molar-refractivity contribution in [2.24, 2.45) is 0 Å². The minimum atomic E-state index is -4.63. The first kappa shape index (κ1) is 25.9. The molecule has 2 aromatic carbocycles. The normalized spacial score (nSPS) is 18.6. The van der Waals surface area contributed by atoms with Crippen LogP contribution >= 0.6 is 0 Å². The van der Waals surface area contributed by atoms with Gasteiger partial charge in [-0.25, -0.2) is 4.79 Å². The Morgan fingerprint density at radius 3 is 2.38 bits per heavy atom. The molecule has 1 fully saturated rings. The standard InChI is InChI=1S/C26H23F3N4O4/c1-14-22(15(2)34)23(20-8-7-16(11-30)9-21(20)24(36)32-12-19(35)13-32)31(3)25(37)33(14)18-6-4-5-17(10-18)26(27,28)29/h4-10,19,23,35H,12-13H2,1-3H3. The number of benzene rings is 2. The number of β-amino-alcohol motifs (C(OH)–C–C–N with tert-alkyl or cyclic N) is 1. The predicted molar refractivity (Wildman–Crippen MR) is 126 cm³/mol. The third kappa shape index (κ3) is 4.56. The third-order valence-corrected chi connectivity index (χ3v) is 6.55. The lowest BCUT2D eigenvalue weighted by molar-refractivity contribution is -0.137. The van der Waals surface area contributed by atoms with Crippen molar-refractivity contribution in [3.63, 3.8) is 0 Å². The molecule has 0 saturated carbocycles. The van der Waals surface area contributed by atoms with Crippen molar-refractivity contribution >= 4 is 23.4 Å². The molecule has 1 N–H and O–H groups in total. The number of carbonyl (C=O) groups excluding carboxylic acids is 3. The van der Waals surface area contributed by atoms with Crippen molar-refractivity contribution < 1.29 is 32.7 Å². The van der Waals surface area contributed by atoms with Crippen LogP contribution in [0.4, 0.5) is 23.7 Å².